The third kappa shape index (κ3) is 1.84. The Balaban J connectivity index is 2.03. The summed E-state index contributed by atoms with van der Waals surface area (Å²) in [5, 5.41) is 9.35. The molecule has 5 nitrogen and oxygen atoms in total. The summed E-state index contributed by atoms with van der Waals surface area (Å²) < 4.78 is 0. The molecule has 1 aromatic carbocycles. The maximum Gasteiger partial charge on any atom is 0.104 e. The second kappa shape index (κ2) is 4.19. The highest BCUT2D eigenvalue weighted by molar-refractivity contribution is 5.79. The van der Waals surface area contributed by atoms with Gasteiger partial charge in [-0.1, -0.05) is 12.1 Å². The number of fused-ring (bicyclic) bond motifs is 1. The molecule has 2 N–H and O–H groups in total. The van der Waals surface area contributed by atoms with Crippen molar-refractivity contribution in [3.8, 4) is 0 Å². The molecule has 3 aromatic rings. The minimum Gasteiger partial charge on any atom is -0.319 e. The Kier molecular flexibility index (Phi) is 2.53. The van der Waals surface area contributed by atoms with Gasteiger partial charge >= 0.3 is 0 Å². The predicted octanol–water partition coefficient (Wildman–Crippen LogP) is 1.41. The zero-order valence-electron chi connectivity index (χ0n) is 9.99. The summed E-state index contributed by atoms with van der Waals surface area (Å²) in [4.78, 5) is 5.80. The molecule has 1 unspecified atom stereocenters. The van der Waals surface area contributed by atoms with Crippen LogP contribution < -0.4 is 5.73 Å². The van der Waals surface area contributed by atoms with Crippen LogP contribution in [0.25, 0.3) is 10.9 Å². The average molecular weight is 239 g/mol. The van der Waals surface area contributed by atoms with Gasteiger partial charge in [0.2, 0.25) is 0 Å². The first kappa shape index (κ1) is 10.9. The summed E-state index contributed by atoms with van der Waals surface area (Å²) >= 11 is 0. The zero-order chi connectivity index (χ0) is 12.5. The standard InChI is InChI=1S/C13H13N5/c1-18-16-8-12(17-18)13(14)10-4-5-11-9(7-10)3-2-6-15-11/h2-8,13H,14H2,1H3. The number of nitrogens with zero attached hydrogens (tertiary/aromatic N) is 4. The fourth-order valence-corrected chi connectivity index (χ4v) is 1.96. The van der Waals surface area contributed by atoms with Crippen LogP contribution in [0.3, 0.4) is 0 Å². The molecule has 2 heterocycles. The van der Waals surface area contributed by atoms with Crippen molar-refractivity contribution in [1.29, 1.82) is 0 Å². The molecule has 0 radical (unpaired) electrons. The van der Waals surface area contributed by atoms with Gasteiger partial charge in [-0.2, -0.15) is 15.0 Å². The molecule has 0 fully saturated rings. The highest BCUT2D eigenvalue weighted by Gasteiger charge is 2.12. The molecular formula is C13H13N5. The van der Waals surface area contributed by atoms with E-state index in [1.807, 2.05) is 30.3 Å². The lowest BCUT2D eigenvalue weighted by molar-refractivity contribution is 0.637. The largest absolute Gasteiger partial charge is 0.319 e. The molecular weight excluding hydrogens is 226 g/mol. The van der Waals surface area contributed by atoms with Crippen LogP contribution in [0.15, 0.2) is 42.7 Å². The molecule has 0 spiro atoms. The molecule has 2 aromatic heterocycles. The van der Waals surface area contributed by atoms with Gasteiger partial charge in [0.05, 0.1) is 17.8 Å². The number of nitrogens with two attached hydrogens (primary N) is 1. The first-order valence-electron chi connectivity index (χ1n) is 5.70. The highest BCUT2D eigenvalue weighted by Crippen LogP contribution is 2.21. The van der Waals surface area contributed by atoms with Crippen molar-refractivity contribution in [2.24, 2.45) is 12.8 Å². The summed E-state index contributed by atoms with van der Waals surface area (Å²) in [6.45, 7) is 0. The molecule has 1 atom stereocenters. The van der Waals surface area contributed by atoms with E-state index in [0.29, 0.717) is 0 Å². The average Bonchev–Trinajstić information content (AvgIpc) is 2.84. The number of aryl methyl sites for hydroxylation is 1. The smallest absolute Gasteiger partial charge is 0.104 e. The lowest BCUT2D eigenvalue weighted by Gasteiger charge is -2.09. The SMILES string of the molecule is Cn1ncc(C(N)c2ccc3ncccc3c2)n1. The Bertz CT molecular complexity index is 688. The monoisotopic (exact) mass is 239 g/mol. The lowest BCUT2D eigenvalue weighted by atomic mass is 10.0. The number of hydrogen-bond acceptors (Lipinski definition) is 4. The number of pyridine rings is 1. The fourth-order valence-electron chi connectivity index (χ4n) is 1.96. The van der Waals surface area contributed by atoms with E-state index in [2.05, 4.69) is 15.2 Å². The van der Waals surface area contributed by atoms with Gasteiger partial charge in [0, 0.05) is 18.6 Å². The van der Waals surface area contributed by atoms with Crippen molar-refractivity contribution in [3.05, 3.63) is 54.0 Å². The zero-order valence-corrected chi connectivity index (χ0v) is 9.99. The summed E-state index contributed by atoms with van der Waals surface area (Å²) in [5.74, 6) is 0. The highest BCUT2D eigenvalue weighted by atomic mass is 15.4. The van der Waals surface area contributed by atoms with E-state index in [0.717, 1.165) is 22.2 Å². The van der Waals surface area contributed by atoms with Gasteiger partial charge in [-0.15, -0.1) is 0 Å². The molecule has 18 heavy (non-hydrogen) atoms. The molecule has 0 aliphatic heterocycles. The number of benzene rings is 1. The summed E-state index contributed by atoms with van der Waals surface area (Å²) in [6, 6.07) is 9.68. The molecule has 90 valence electrons. The maximum absolute atomic E-state index is 6.18. The van der Waals surface area contributed by atoms with Gasteiger partial charge < -0.3 is 5.73 Å². The van der Waals surface area contributed by atoms with E-state index >= 15 is 0 Å². The summed E-state index contributed by atoms with van der Waals surface area (Å²) in [6.07, 6.45) is 3.47. The Morgan fingerprint density at radius 3 is 2.94 bits per heavy atom. The van der Waals surface area contributed by atoms with E-state index in [1.165, 1.54) is 4.80 Å². The van der Waals surface area contributed by atoms with Crippen molar-refractivity contribution in [1.82, 2.24) is 20.0 Å². The van der Waals surface area contributed by atoms with Crippen molar-refractivity contribution in [2.75, 3.05) is 0 Å². The molecule has 0 saturated heterocycles. The number of rotatable bonds is 2. The van der Waals surface area contributed by atoms with Gasteiger partial charge in [-0.25, -0.2) is 0 Å². The van der Waals surface area contributed by atoms with Crippen molar-refractivity contribution < 1.29 is 0 Å². The Labute approximate surface area is 104 Å². The van der Waals surface area contributed by atoms with Crippen LogP contribution in [-0.4, -0.2) is 20.0 Å². The quantitative estimate of drug-likeness (QED) is 0.734. The molecule has 0 amide bonds. The van der Waals surface area contributed by atoms with E-state index in [4.69, 9.17) is 5.73 Å². The molecule has 0 bridgehead atoms. The topological polar surface area (TPSA) is 69.6 Å². The molecule has 0 aliphatic rings. The minimum atomic E-state index is -0.261. The van der Waals surface area contributed by atoms with Gasteiger partial charge in [-0.3, -0.25) is 4.98 Å². The van der Waals surface area contributed by atoms with Crippen molar-refractivity contribution in [2.45, 2.75) is 6.04 Å². The third-order valence-corrected chi connectivity index (χ3v) is 2.92. The van der Waals surface area contributed by atoms with E-state index in [1.54, 1.807) is 19.4 Å². The molecule has 5 heteroatoms. The van der Waals surface area contributed by atoms with Crippen molar-refractivity contribution >= 4 is 10.9 Å². The van der Waals surface area contributed by atoms with Crippen LogP contribution in [0, 0.1) is 0 Å². The normalized spacial score (nSPS) is 12.8. The van der Waals surface area contributed by atoms with Crippen LogP contribution in [0.5, 0.6) is 0 Å². The minimum absolute atomic E-state index is 0.261. The van der Waals surface area contributed by atoms with Crippen LogP contribution in [0.4, 0.5) is 0 Å². The number of aromatic nitrogens is 4. The van der Waals surface area contributed by atoms with Crippen LogP contribution in [0.2, 0.25) is 0 Å². The number of hydrogen-bond donors (Lipinski definition) is 1. The molecule has 0 aliphatic carbocycles. The van der Waals surface area contributed by atoms with E-state index in [-0.39, 0.29) is 6.04 Å². The Morgan fingerprint density at radius 2 is 2.17 bits per heavy atom. The first-order chi connectivity index (χ1) is 8.74. The molecule has 3 rings (SSSR count). The summed E-state index contributed by atoms with van der Waals surface area (Å²) in [5.41, 5.74) is 8.92. The van der Waals surface area contributed by atoms with Crippen LogP contribution in [0.1, 0.15) is 17.3 Å². The van der Waals surface area contributed by atoms with Crippen LogP contribution in [-0.2, 0) is 7.05 Å². The molecule has 0 saturated carbocycles. The van der Waals surface area contributed by atoms with Crippen LogP contribution >= 0.6 is 0 Å². The summed E-state index contributed by atoms with van der Waals surface area (Å²) in [7, 11) is 1.78. The third-order valence-electron chi connectivity index (χ3n) is 2.92. The maximum atomic E-state index is 6.18. The fraction of sp³-hybridized carbons (Fsp3) is 0.154. The second-order valence-electron chi connectivity index (χ2n) is 4.19. The van der Waals surface area contributed by atoms with Gasteiger partial charge in [-0.05, 0) is 23.8 Å². The predicted molar refractivity (Wildman–Crippen MR) is 68.8 cm³/mol. The van der Waals surface area contributed by atoms with E-state index < -0.39 is 0 Å². The lowest BCUT2D eigenvalue weighted by Crippen LogP contribution is -2.12. The van der Waals surface area contributed by atoms with Gasteiger partial charge in [0.25, 0.3) is 0 Å². The Hall–Kier alpha value is -2.27. The van der Waals surface area contributed by atoms with E-state index in [9.17, 15) is 0 Å². The van der Waals surface area contributed by atoms with Gasteiger partial charge in [0.15, 0.2) is 0 Å². The van der Waals surface area contributed by atoms with Crippen molar-refractivity contribution in [3.63, 3.8) is 0 Å². The van der Waals surface area contributed by atoms with Gasteiger partial charge in [0.1, 0.15) is 5.69 Å². The first-order valence-corrected chi connectivity index (χ1v) is 5.70. The Morgan fingerprint density at radius 1 is 1.28 bits per heavy atom. The second-order valence-corrected chi connectivity index (χ2v) is 4.19.